The number of nitrogens with one attached hydrogen (secondary N) is 1. The van der Waals surface area contributed by atoms with Gasteiger partial charge in [-0.25, -0.2) is 0 Å². The number of anilines is 2. The molecule has 3 aromatic rings. The summed E-state index contributed by atoms with van der Waals surface area (Å²) in [7, 11) is 0. The van der Waals surface area contributed by atoms with Crippen molar-refractivity contribution in [1.82, 2.24) is 0 Å². The maximum Gasteiger partial charge on any atom is 0.255 e. The van der Waals surface area contributed by atoms with E-state index in [9.17, 15) is 14.4 Å². The van der Waals surface area contributed by atoms with E-state index < -0.39 is 0 Å². The van der Waals surface area contributed by atoms with Gasteiger partial charge in [-0.3, -0.25) is 19.3 Å². The molecule has 2 aliphatic carbocycles. The Kier molecular flexibility index (Phi) is 4.87. The van der Waals surface area contributed by atoms with Gasteiger partial charge in [0.1, 0.15) is 0 Å². The van der Waals surface area contributed by atoms with Crippen molar-refractivity contribution < 1.29 is 14.4 Å². The number of hydrogen-bond donors (Lipinski definition) is 1. The number of nitrogens with zero attached hydrogens (tertiary/aromatic N) is 1. The first-order valence-electron chi connectivity index (χ1n) is 11.9. The standard InChI is InChI=1S/C29H26N2O3/c1-17-7-11-21(12-8-17)30-27(32)19-9-13-22(14-10-19)31-28(33)25-20-15-23(18-5-3-2-4-6-18)24(16-20)26(25)29(31)34/h2-14,20,23-26H,15-16H2,1H3,(H,30,32)/t20-,23-,24+,25-,26-/m0/s1. The molecule has 0 aromatic heterocycles. The highest BCUT2D eigenvalue weighted by atomic mass is 16.2. The predicted octanol–water partition coefficient (Wildman–Crippen LogP) is 5.18. The molecule has 0 unspecified atom stereocenters. The maximum atomic E-state index is 13.5. The largest absolute Gasteiger partial charge is 0.322 e. The lowest BCUT2D eigenvalue weighted by Crippen LogP contribution is -2.33. The molecular weight excluding hydrogens is 424 g/mol. The van der Waals surface area contributed by atoms with Gasteiger partial charge in [-0.1, -0.05) is 48.0 Å². The molecule has 34 heavy (non-hydrogen) atoms. The fourth-order valence-corrected chi connectivity index (χ4v) is 6.40. The summed E-state index contributed by atoms with van der Waals surface area (Å²) in [6.45, 7) is 1.99. The van der Waals surface area contributed by atoms with Crippen molar-refractivity contribution in [2.45, 2.75) is 25.7 Å². The van der Waals surface area contributed by atoms with Crippen LogP contribution in [0.1, 0.15) is 40.2 Å². The molecule has 1 N–H and O–H groups in total. The van der Waals surface area contributed by atoms with E-state index in [1.807, 2.05) is 49.4 Å². The Balaban J connectivity index is 1.20. The number of amides is 3. The average molecular weight is 451 g/mol. The van der Waals surface area contributed by atoms with Gasteiger partial charge in [0.15, 0.2) is 0 Å². The molecule has 0 radical (unpaired) electrons. The Labute approximate surface area is 198 Å². The predicted molar refractivity (Wildman–Crippen MR) is 130 cm³/mol. The molecule has 2 saturated carbocycles. The van der Waals surface area contributed by atoms with Gasteiger partial charge in [0.2, 0.25) is 11.8 Å². The second kappa shape index (κ2) is 7.94. The molecule has 6 rings (SSSR count). The van der Waals surface area contributed by atoms with Crippen LogP contribution >= 0.6 is 0 Å². The molecular formula is C29H26N2O3. The molecule has 5 atom stereocenters. The minimum atomic E-state index is -0.235. The van der Waals surface area contributed by atoms with Crippen molar-refractivity contribution in [3.05, 3.63) is 95.6 Å². The molecule has 3 fully saturated rings. The van der Waals surface area contributed by atoms with Gasteiger partial charge in [-0.05, 0) is 79.5 Å². The summed E-state index contributed by atoms with van der Waals surface area (Å²) in [5.74, 6) is 0.000479. The van der Waals surface area contributed by atoms with Crippen LogP contribution in [0.3, 0.4) is 0 Å². The highest BCUT2D eigenvalue weighted by Gasteiger charge is 2.64. The molecule has 3 amide bonds. The van der Waals surface area contributed by atoms with Crippen molar-refractivity contribution in [3.8, 4) is 0 Å². The second-order valence-corrected chi connectivity index (χ2v) is 9.84. The van der Waals surface area contributed by atoms with Crippen molar-refractivity contribution in [2.24, 2.45) is 23.7 Å². The SMILES string of the molecule is Cc1ccc(NC(=O)c2ccc(N3C(=O)[C@H]4[C@@H]5C[C@@H]([C@@H]4C3=O)[C@H](c3ccccc3)C5)cc2)cc1. The Morgan fingerprint density at radius 1 is 0.824 bits per heavy atom. The zero-order valence-corrected chi connectivity index (χ0v) is 19.0. The summed E-state index contributed by atoms with van der Waals surface area (Å²) in [5.41, 5.74) is 4.15. The quantitative estimate of drug-likeness (QED) is 0.557. The van der Waals surface area contributed by atoms with Gasteiger partial charge in [0.25, 0.3) is 5.91 Å². The molecule has 1 heterocycles. The van der Waals surface area contributed by atoms with Gasteiger partial charge in [-0.15, -0.1) is 0 Å². The molecule has 170 valence electrons. The first kappa shape index (κ1) is 20.8. The summed E-state index contributed by atoms with van der Waals surface area (Å²) >= 11 is 0. The lowest BCUT2D eigenvalue weighted by Gasteiger charge is -2.28. The molecule has 5 heteroatoms. The number of carbonyl (C=O) groups is 3. The number of benzene rings is 3. The summed E-state index contributed by atoms with van der Waals surface area (Å²) in [4.78, 5) is 40.8. The number of aryl methyl sites for hydroxylation is 1. The minimum Gasteiger partial charge on any atom is -0.322 e. The van der Waals surface area contributed by atoms with Crippen molar-refractivity contribution in [2.75, 3.05) is 10.2 Å². The monoisotopic (exact) mass is 450 g/mol. The smallest absolute Gasteiger partial charge is 0.255 e. The van der Waals surface area contributed by atoms with E-state index in [4.69, 9.17) is 0 Å². The molecule has 3 aliphatic rings. The first-order valence-corrected chi connectivity index (χ1v) is 11.9. The van der Waals surface area contributed by atoms with Crippen molar-refractivity contribution in [1.29, 1.82) is 0 Å². The van der Waals surface area contributed by atoms with Crippen LogP contribution in [0.5, 0.6) is 0 Å². The van der Waals surface area contributed by atoms with Crippen molar-refractivity contribution >= 4 is 29.1 Å². The third-order valence-electron chi connectivity index (χ3n) is 7.94. The lowest BCUT2D eigenvalue weighted by molar-refractivity contribution is -0.123. The average Bonchev–Trinajstić information content (AvgIpc) is 3.52. The zero-order chi connectivity index (χ0) is 23.4. The Morgan fingerprint density at radius 2 is 1.50 bits per heavy atom. The van der Waals surface area contributed by atoms with Gasteiger partial charge < -0.3 is 5.32 Å². The summed E-state index contributed by atoms with van der Waals surface area (Å²) in [6, 6.07) is 24.7. The van der Waals surface area contributed by atoms with Crippen LogP contribution in [0.4, 0.5) is 11.4 Å². The van der Waals surface area contributed by atoms with E-state index in [0.29, 0.717) is 17.2 Å². The van der Waals surface area contributed by atoms with E-state index >= 15 is 0 Å². The minimum absolute atomic E-state index is 0.0779. The fourth-order valence-electron chi connectivity index (χ4n) is 6.40. The van der Waals surface area contributed by atoms with Crippen LogP contribution in [0, 0.1) is 30.6 Å². The topological polar surface area (TPSA) is 66.5 Å². The molecule has 5 nitrogen and oxygen atoms in total. The van der Waals surface area contributed by atoms with Crippen LogP contribution in [-0.4, -0.2) is 17.7 Å². The summed E-state index contributed by atoms with van der Waals surface area (Å²) in [5, 5.41) is 2.88. The van der Waals surface area contributed by atoms with Crippen molar-refractivity contribution in [3.63, 3.8) is 0 Å². The van der Waals surface area contributed by atoms with Crippen LogP contribution in [0.2, 0.25) is 0 Å². The van der Waals surface area contributed by atoms with Gasteiger partial charge in [-0.2, -0.15) is 0 Å². The number of imide groups is 1. The van der Waals surface area contributed by atoms with E-state index in [2.05, 4.69) is 17.4 Å². The third kappa shape index (κ3) is 3.26. The van der Waals surface area contributed by atoms with E-state index in [0.717, 1.165) is 24.1 Å². The van der Waals surface area contributed by atoms with Crippen LogP contribution in [0.25, 0.3) is 0 Å². The maximum absolute atomic E-state index is 13.5. The number of hydrogen-bond acceptors (Lipinski definition) is 3. The summed E-state index contributed by atoms with van der Waals surface area (Å²) < 4.78 is 0. The van der Waals surface area contributed by atoms with Gasteiger partial charge in [0, 0.05) is 11.3 Å². The Hall–Kier alpha value is -3.73. The molecule has 1 aliphatic heterocycles. The number of rotatable bonds is 4. The highest BCUT2D eigenvalue weighted by molar-refractivity contribution is 6.22. The Bertz CT molecular complexity index is 1270. The highest BCUT2D eigenvalue weighted by Crippen LogP contribution is 2.61. The second-order valence-electron chi connectivity index (χ2n) is 9.84. The van der Waals surface area contributed by atoms with Gasteiger partial charge in [0.05, 0.1) is 17.5 Å². The van der Waals surface area contributed by atoms with Crippen LogP contribution in [0.15, 0.2) is 78.9 Å². The van der Waals surface area contributed by atoms with Crippen LogP contribution in [-0.2, 0) is 9.59 Å². The van der Waals surface area contributed by atoms with Gasteiger partial charge >= 0.3 is 0 Å². The number of fused-ring (bicyclic) bond motifs is 5. The fraction of sp³-hybridized carbons (Fsp3) is 0.276. The molecule has 1 saturated heterocycles. The number of carbonyl (C=O) groups excluding carboxylic acids is 3. The normalized spacial score (nSPS) is 27.2. The lowest BCUT2D eigenvalue weighted by atomic mass is 9.73. The van der Waals surface area contributed by atoms with E-state index in [1.165, 1.54) is 10.5 Å². The summed E-state index contributed by atoms with van der Waals surface area (Å²) in [6.07, 6.45) is 1.93. The first-order chi connectivity index (χ1) is 16.5. The molecule has 0 spiro atoms. The zero-order valence-electron chi connectivity index (χ0n) is 19.0. The third-order valence-corrected chi connectivity index (χ3v) is 7.94. The Morgan fingerprint density at radius 3 is 2.21 bits per heavy atom. The molecule has 3 aromatic carbocycles. The van der Waals surface area contributed by atoms with E-state index in [-0.39, 0.29) is 41.4 Å². The van der Waals surface area contributed by atoms with E-state index in [1.54, 1.807) is 24.3 Å². The molecule has 2 bridgehead atoms. The van der Waals surface area contributed by atoms with Crippen LogP contribution < -0.4 is 10.2 Å².